The maximum atomic E-state index is 12.9. The normalized spacial score (nSPS) is 40.5. The highest BCUT2D eigenvalue weighted by Crippen LogP contribution is 2.80. The third-order valence-corrected chi connectivity index (χ3v) is 9.26. The summed E-state index contributed by atoms with van der Waals surface area (Å²) < 4.78 is 94.9. The van der Waals surface area contributed by atoms with Gasteiger partial charge in [-0.25, -0.2) is 18.5 Å². The van der Waals surface area contributed by atoms with Crippen LogP contribution in [-0.2, 0) is 42.1 Å². The van der Waals surface area contributed by atoms with Crippen LogP contribution in [-0.4, -0.2) is 54.5 Å². The first kappa shape index (κ1) is 25.4. The van der Waals surface area contributed by atoms with Gasteiger partial charge in [0.05, 0.1) is 6.61 Å². The molecule has 0 radical (unpaired) electrons. The lowest BCUT2D eigenvalue weighted by molar-refractivity contribution is -0.140. The number of ether oxygens (including phenoxy) is 1. The monoisotopic (exact) mass is 534 g/mol. The van der Waals surface area contributed by atoms with Crippen LogP contribution >= 0.6 is 23.5 Å². The van der Waals surface area contributed by atoms with Gasteiger partial charge in [-0.05, 0) is 0 Å². The zero-order valence-electron chi connectivity index (χ0n) is 14.9. The molecule has 1 aromatic rings. The summed E-state index contributed by atoms with van der Waals surface area (Å²) in [7, 11) is -16.0. The maximum absolute atomic E-state index is 12.9. The standard InChI is InChI=1S/C10H12F3N2O14P3/c11-10(12,13)3-1-15(9(19)14-7(3)18)8-6(17)5(16)4(26-8)2-25-32(24)28-30(20,21)27-31(22,23)29-32/h1,4-6,8,16-17H,2H2,(H,20,21)(H,22,23)(H,14,18,19). The predicted molar refractivity (Wildman–Crippen MR) is 88.7 cm³/mol. The van der Waals surface area contributed by atoms with E-state index in [2.05, 4.69) is 17.5 Å². The van der Waals surface area contributed by atoms with Crippen molar-refractivity contribution in [2.75, 3.05) is 6.61 Å². The highest BCUT2D eigenvalue weighted by molar-refractivity contribution is 7.74. The summed E-state index contributed by atoms with van der Waals surface area (Å²) in [5.74, 6) is 0. The molecule has 6 atom stereocenters. The second-order valence-corrected chi connectivity index (χ2v) is 11.2. The number of H-pyrrole nitrogens is 1. The van der Waals surface area contributed by atoms with E-state index in [0.717, 1.165) is 0 Å². The molecule has 2 aliphatic heterocycles. The summed E-state index contributed by atoms with van der Waals surface area (Å²) >= 11 is 0. The molecule has 0 spiro atoms. The van der Waals surface area contributed by atoms with Gasteiger partial charge in [-0.3, -0.25) is 18.9 Å². The number of rotatable bonds is 4. The number of nitrogens with zero attached hydrogens (tertiary/aromatic N) is 1. The molecule has 3 rings (SSSR count). The van der Waals surface area contributed by atoms with Crippen molar-refractivity contribution in [1.29, 1.82) is 0 Å². The average molecular weight is 534 g/mol. The van der Waals surface area contributed by atoms with Crippen molar-refractivity contribution in [3.05, 3.63) is 32.6 Å². The Morgan fingerprint density at radius 2 is 1.62 bits per heavy atom. The first-order chi connectivity index (χ1) is 14.4. The maximum Gasteiger partial charge on any atom is 0.492 e. The number of alkyl halides is 3. The van der Waals surface area contributed by atoms with Crippen molar-refractivity contribution in [1.82, 2.24) is 9.55 Å². The Kier molecular flexibility index (Phi) is 6.54. The molecule has 2 saturated heterocycles. The summed E-state index contributed by atoms with van der Waals surface area (Å²) in [4.78, 5) is 42.9. The number of hydrogen-bond acceptors (Lipinski definition) is 12. The van der Waals surface area contributed by atoms with Crippen LogP contribution in [0.1, 0.15) is 11.8 Å². The molecule has 0 amide bonds. The van der Waals surface area contributed by atoms with E-state index in [0.29, 0.717) is 0 Å². The van der Waals surface area contributed by atoms with Gasteiger partial charge in [-0.2, -0.15) is 26.1 Å². The zero-order chi connectivity index (χ0) is 24.3. The minimum atomic E-state index is -5.38. The fraction of sp³-hybridized carbons (Fsp3) is 0.600. The first-order valence-corrected chi connectivity index (χ1v) is 12.4. The van der Waals surface area contributed by atoms with Gasteiger partial charge in [-0.1, -0.05) is 0 Å². The fourth-order valence-corrected chi connectivity index (χ4v) is 7.55. The number of halogens is 3. The Bertz CT molecular complexity index is 1140. The molecule has 6 unspecified atom stereocenters. The minimum Gasteiger partial charge on any atom is -0.387 e. The third kappa shape index (κ3) is 5.30. The lowest BCUT2D eigenvalue weighted by atomic mass is 10.1. The van der Waals surface area contributed by atoms with Crippen LogP contribution in [0.3, 0.4) is 0 Å². The SMILES string of the molecule is O=c1[nH]c(=O)n(C2OC(COP3(=O)OP(=O)(O)OP(=O)(O)O3)C(O)C2O)cc1C(F)(F)F. The van der Waals surface area contributed by atoms with Gasteiger partial charge in [0.25, 0.3) is 5.56 Å². The smallest absolute Gasteiger partial charge is 0.387 e. The fourth-order valence-electron chi connectivity index (χ4n) is 2.61. The summed E-state index contributed by atoms with van der Waals surface area (Å²) in [5, 5.41) is 20.1. The highest BCUT2D eigenvalue weighted by Gasteiger charge is 2.55. The second-order valence-electron chi connectivity index (χ2n) is 6.18. The first-order valence-electron chi connectivity index (χ1n) is 7.91. The van der Waals surface area contributed by atoms with Crippen LogP contribution in [0.4, 0.5) is 13.2 Å². The highest BCUT2D eigenvalue weighted by atomic mass is 31.3. The van der Waals surface area contributed by atoms with Crippen molar-refractivity contribution >= 4 is 23.5 Å². The van der Waals surface area contributed by atoms with E-state index in [9.17, 15) is 46.7 Å². The van der Waals surface area contributed by atoms with Crippen LogP contribution in [0.5, 0.6) is 0 Å². The van der Waals surface area contributed by atoms with Crippen LogP contribution in [0.15, 0.2) is 15.8 Å². The van der Waals surface area contributed by atoms with Gasteiger partial charge in [0.2, 0.25) is 0 Å². The molecule has 0 aliphatic carbocycles. The van der Waals surface area contributed by atoms with Crippen molar-refractivity contribution in [2.24, 2.45) is 0 Å². The third-order valence-electron chi connectivity index (χ3n) is 3.89. The number of aromatic amines is 1. The molecule has 2 fully saturated rings. The lowest BCUT2D eigenvalue weighted by Crippen LogP contribution is -2.40. The Hall–Kier alpha value is -1.20. The largest absolute Gasteiger partial charge is 0.492 e. The second kappa shape index (κ2) is 8.23. The Morgan fingerprint density at radius 3 is 2.16 bits per heavy atom. The average Bonchev–Trinajstić information content (AvgIpc) is 2.84. The molecule has 2 aliphatic rings. The van der Waals surface area contributed by atoms with Gasteiger partial charge in [0.15, 0.2) is 6.23 Å². The molecule has 22 heteroatoms. The molecule has 0 saturated carbocycles. The number of aliphatic hydroxyl groups excluding tert-OH is 2. The Labute approximate surface area is 172 Å². The van der Waals surface area contributed by atoms with E-state index in [1.54, 1.807) is 0 Å². The number of aliphatic hydroxyl groups is 2. The number of nitrogens with one attached hydrogen (secondary N) is 1. The van der Waals surface area contributed by atoms with Crippen LogP contribution in [0.2, 0.25) is 0 Å². The summed E-state index contributed by atoms with van der Waals surface area (Å²) in [6.07, 6.45) is -13.1. The van der Waals surface area contributed by atoms with Crippen molar-refractivity contribution < 1.29 is 69.1 Å². The number of hydrogen-bond donors (Lipinski definition) is 5. The van der Waals surface area contributed by atoms with Gasteiger partial charge < -0.3 is 24.7 Å². The zero-order valence-corrected chi connectivity index (χ0v) is 17.6. The van der Waals surface area contributed by atoms with Gasteiger partial charge >= 0.3 is 35.3 Å². The molecule has 0 aromatic carbocycles. The molecule has 32 heavy (non-hydrogen) atoms. The van der Waals surface area contributed by atoms with Crippen LogP contribution < -0.4 is 11.2 Å². The van der Waals surface area contributed by atoms with Gasteiger partial charge in [0, 0.05) is 6.20 Å². The van der Waals surface area contributed by atoms with Gasteiger partial charge in [0.1, 0.15) is 23.9 Å². The summed E-state index contributed by atoms with van der Waals surface area (Å²) in [6, 6.07) is 0. The molecule has 16 nitrogen and oxygen atoms in total. The van der Waals surface area contributed by atoms with Crippen molar-refractivity contribution in [3.63, 3.8) is 0 Å². The van der Waals surface area contributed by atoms with E-state index in [1.165, 1.54) is 4.98 Å². The molecule has 1 aromatic heterocycles. The number of phosphoric acid groups is 3. The van der Waals surface area contributed by atoms with E-state index in [1.807, 2.05) is 0 Å². The Balaban J connectivity index is 1.82. The van der Waals surface area contributed by atoms with Crippen molar-refractivity contribution in [2.45, 2.75) is 30.7 Å². The Morgan fingerprint density at radius 1 is 1.06 bits per heavy atom. The van der Waals surface area contributed by atoms with Crippen molar-refractivity contribution in [3.8, 4) is 0 Å². The van der Waals surface area contributed by atoms with E-state index in [4.69, 9.17) is 14.5 Å². The molecule has 0 bridgehead atoms. The quantitative estimate of drug-likeness (QED) is 0.308. The topological polar surface area (TPSA) is 233 Å². The van der Waals surface area contributed by atoms with E-state index in [-0.39, 0.29) is 10.8 Å². The molecular formula is C10H12F3N2O14P3. The predicted octanol–water partition coefficient (Wildman–Crippen LogP) is -0.437. The summed E-state index contributed by atoms with van der Waals surface area (Å²) in [6.45, 7) is -1.16. The summed E-state index contributed by atoms with van der Waals surface area (Å²) in [5.41, 5.74) is -5.06. The minimum absolute atomic E-state index is 0.0296. The molecule has 3 heterocycles. The number of aromatic nitrogens is 2. The molecule has 182 valence electrons. The molecular weight excluding hydrogens is 522 g/mol. The van der Waals surface area contributed by atoms with Crippen LogP contribution in [0, 0.1) is 0 Å². The van der Waals surface area contributed by atoms with E-state index >= 15 is 0 Å². The van der Waals surface area contributed by atoms with Gasteiger partial charge in [-0.15, -0.1) is 0 Å². The molecule has 5 N–H and O–H groups in total. The van der Waals surface area contributed by atoms with Crippen LogP contribution in [0.25, 0.3) is 0 Å². The van der Waals surface area contributed by atoms with E-state index < -0.39 is 77.6 Å². The lowest BCUT2D eigenvalue weighted by Gasteiger charge is -2.27.